The van der Waals surface area contributed by atoms with Crippen molar-refractivity contribution in [1.82, 2.24) is 5.32 Å². The second-order valence-corrected chi connectivity index (χ2v) is 7.50. The Labute approximate surface area is 152 Å². The molecule has 1 saturated carbocycles. The second-order valence-electron chi connectivity index (χ2n) is 7.13. The summed E-state index contributed by atoms with van der Waals surface area (Å²) in [5.74, 6) is 1.88. The molecule has 0 aromatic heterocycles. The molecule has 0 bridgehead atoms. The van der Waals surface area contributed by atoms with Gasteiger partial charge in [0.15, 0.2) is 5.76 Å². The molecule has 4 aliphatic rings. The minimum Gasteiger partial charge on any atom is -0.493 e. The van der Waals surface area contributed by atoms with E-state index in [0.717, 1.165) is 31.4 Å². The number of hydrogen-bond donors (Lipinski definition) is 2. The van der Waals surface area contributed by atoms with Crippen molar-refractivity contribution in [3.05, 3.63) is 23.2 Å². The van der Waals surface area contributed by atoms with Gasteiger partial charge in [0.05, 0.1) is 24.7 Å². The predicted octanol–water partition coefficient (Wildman–Crippen LogP) is 2.19. The van der Waals surface area contributed by atoms with Crippen LogP contribution in [-0.2, 0) is 14.2 Å². The molecule has 0 radical (unpaired) electrons. The summed E-state index contributed by atoms with van der Waals surface area (Å²) in [7, 11) is 3.31. The van der Waals surface area contributed by atoms with Crippen molar-refractivity contribution in [3.8, 4) is 0 Å². The standard InChI is InChI=1S/C18H24N2O4S/c1-19-17(25)24-13-9-18-6-4-3-5-14(18)23-12-8-10(21)7-11(15(12)18)20-16(13)22-2/h9-11,14,21H,3-8H2,1-2H3,(H,19,25)/t10-,11-,14-,18?/m0/s1. The number of ether oxygens (including phenoxy) is 3. The second kappa shape index (κ2) is 6.29. The summed E-state index contributed by atoms with van der Waals surface area (Å²) in [5.41, 5.74) is 0.979. The van der Waals surface area contributed by atoms with Crippen LogP contribution in [0.5, 0.6) is 0 Å². The van der Waals surface area contributed by atoms with E-state index in [-0.39, 0.29) is 22.7 Å². The molecule has 1 unspecified atom stereocenters. The molecule has 0 saturated heterocycles. The summed E-state index contributed by atoms with van der Waals surface area (Å²) >= 11 is 5.19. The molecule has 2 heterocycles. The molecule has 6 nitrogen and oxygen atoms in total. The molecular formula is C18H24N2O4S. The zero-order chi connectivity index (χ0) is 17.6. The molecule has 0 aromatic carbocycles. The third-order valence-corrected chi connectivity index (χ3v) is 5.98. The Balaban J connectivity index is 1.86. The Bertz CT molecular complexity index is 687. The minimum absolute atomic E-state index is 0.0761. The molecule has 4 rings (SSSR count). The highest BCUT2D eigenvalue weighted by atomic mass is 32.1. The number of aliphatic hydroxyl groups excluding tert-OH is 1. The van der Waals surface area contributed by atoms with Crippen LogP contribution in [0.3, 0.4) is 0 Å². The summed E-state index contributed by atoms with van der Waals surface area (Å²) in [6.07, 6.45) is 7.18. The topological polar surface area (TPSA) is 72.3 Å². The van der Waals surface area contributed by atoms with Gasteiger partial charge in [-0.15, -0.1) is 0 Å². The van der Waals surface area contributed by atoms with Crippen LogP contribution in [0, 0.1) is 5.41 Å². The lowest BCUT2D eigenvalue weighted by Crippen LogP contribution is -2.39. The zero-order valence-electron chi connectivity index (χ0n) is 14.6. The molecule has 2 aliphatic carbocycles. The van der Waals surface area contributed by atoms with Gasteiger partial charge in [-0.25, -0.2) is 4.99 Å². The van der Waals surface area contributed by atoms with E-state index in [4.69, 9.17) is 31.4 Å². The first-order chi connectivity index (χ1) is 12.1. The number of nitrogens with zero attached hydrogens (tertiary/aromatic N) is 1. The van der Waals surface area contributed by atoms with Crippen LogP contribution >= 0.6 is 12.2 Å². The van der Waals surface area contributed by atoms with Gasteiger partial charge in [-0.05, 0) is 37.6 Å². The Kier molecular flexibility index (Phi) is 4.24. The van der Waals surface area contributed by atoms with Crippen LogP contribution in [0.1, 0.15) is 38.5 Å². The van der Waals surface area contributed by atoms with Crippen molar-refractivity contribution >= 4 is 23.3 Å². The van der Waals surface area contributed by atoms with Gasteiger partial charge >= 0.3 is 0 Å². The molecule has 25 heavy (non-hydrogen) atoms. The fourth-order valence-corrected chi connectivity index (χ4v) is 4.79. The maximum Gasteiger partial charge on any atom is 0.262 e. The normalized spacial score (nSPS) is 36.2. The molecule has 4 atom stereocenters. The Hall–Kier alpha value is -1.60. The van der Waals surface area contributed by atoms with Gasteiger partial charge in [0.2, 0.25) is 0 Å². The number of thiocarbonyl (C=S) groups is 1. The lowest BCUT2D eigenvalue weighted by molar-refractivity contribution is 0.0383. The first-order valence-corrected chi connectivity index (χ1v) is 9.31. The highest BCUT2D eigenvalue weighted by Gasteiger charge is 2.56. The van der Waals surface area contributed by atoms with E-state index in [1.54, 1.807) is 14.2 Å². The summed E-state index contributed by atoms with van der Waals surface area (Å²) in [6.45, 7) is 0. The molecule has 136 valence electrons. The molecular weight excluding hydrogens is 340 g/mol. The van der Waals surface area contributed by atoms with Crippen molar-refractivity contribution < 1.29 is 19.3 Å². The summed E-state index contributed by atoms with van der Waals surface area (Å²) in [4.78, 5) is 4.78. The number of rotatable bonds is 1. The van der Waals surface area contributed by atoms with Gasteiger partial charge in [-0.3, -0.25) is 0 Å². The van der Waals surface area contributed by atoms with Gasteiger partial charge in [0.1, 0.15) is 11.9 Å². The molecule has 0 aromatic rings. The largest absolute Gasteiger partial charge is 0.493 e. The summed E-state index contributed by atoms with van der Waals surface area (Å²) < 4.78 is 17.7. The smallest absolute Gasteiger partial charge is 0.262 e. The molecule has 0 amide bonds. The average molecular weight is 364 g/mol. The Morgan fingerprint density at radius 3 is 3.08 bits per heavy atom. The monoisotopic (exact) mass is 364 g/mol. The highest BCUT2D eigenvalue weighted by Crippen LogP contribution is 2.57. The fraction of sp³-hybridized carbons (Fsp3) is 0.667. The summed E-state index contributed by atoms with van der Waals surface area (Å²) in [5, 5.41) is 13.4. The number of aliphatic hydroxyl groups is 1. The van der Waals surface area contributed by atoms with E-state index in [0.29, 0.717) is 24.5 Å². The molecule has 7 heteroatoms. The fourth-order valence-electron chi connectivity index (χ4n) is 4.70. The quantitative estimate of drug-likeness (QED) is 0.695. The number of aliphatic imine (C=N–C) groups is 1. The Morgan fingerprint density at radius 1 is 1.48 bits per heavy atom. The first kappa shape index (κ1) is 16.8. The molecule has 2 aliphatic heterocycles. The lowest BCUT2D eigenvalue weighted by Gasteiger charge is -2.38. The van der Waals surface area contributed by atoms with E-state index in [9.17, 15) is 5.11 Å². The third-order valence-electron chi connectivity index (χ3n) is 5.69. The lowest BCUT2D eigenvalue weighted by atomic mass is 9.64. The highest BCUT2D eigenvalue weighted by molar-refractivity contribution is 7.80. The van der Waals surface area contributed by atoms with Crippen LogP contribution in [0.15, 0.2) is 28.2 Å². The van der Waals surface area contributed by atoms with Gasteiger partial charge < -0.3 is 24.6 Å². The van der Waals surface area contributed by atoms with Gasteiger partial charge in [0.25, 0.3) is 11.1 Å². The van der Waals surface area contributed by atoms with Crippen molar-refractivity contribution in [2.45, 2.75) is 56.8 Å². The van der Waals surface area contributed by atoms with Crippen molar-refractivity contribution in [3.63, 3.8) is 0 Å². The van der Waals surface area contributed by atoms with E-state index < -0.39 is 6.10 Å². The molecule has 1 fully saturated rings. The first-order valence-electron chi connectivity index (χ1n) is 8.90. The maximum atomic E-state index is 10.3. The number of nitrogens with one attached hydrogen (secondary N) is 1. The van der Waals surface area contributed by atoms with Gasteiger partial charge in [0, 0.05) is 25.5 Å². The van der Waals surface area contributed by atoms with Crippen molar-refractivity contribution in [2.24, 2.45) is 10.4 Å². The van der Waals surface area contributed by atoms with Crippen LogP contribution in [0.2, 0.25) is 0 Å². The Morgan fingerprint density at radius 2 is 2.32 bits per heavy atom. The van der Waals surface area contributed by atoms with Crippen LogP contribution in [-0.4, -0.2) is 48.6 Å². The average Bonchev–Trinajstić information content (AvgIpc) is 2.85. The van der Waals surface area contributed by atoms with Crippen LogP contribution in [0.4, 0.5) is 0 Å². The minimum atomic E-state index is -0.441. The van der Waals surface area contributed by atoms with Crippen molar-refractivity contribution in [2.75, 3.05) is 14.2 Å². The summed E-state index contributed by atoms with van der Waals surface area (Å²) in [6, 6.07) is -0.141. The predicted molar refractivity (Wildman–Crippen MR) is 97.1 cm³/mol. The number of methoxy groups -OCH3 is 1. The number of hydrogen-bond acceptors (Lipinski definition) is 6. The van der Waals surface area contributed by atoms with E-state index in [2.05, 4.69) is 11.4 Å². The van der Waals surface area contributed by atoms with Crippen LogP contribution < -0.4 is 5.32 Å². The van der Waals surface area contributed by atoms with Gasteiger partial charge in [-0.2, -0.15) is 0 Å². The van der Waals surface area contributed by atoms with E-state index >= 15 is 0 Å². The van der Waals surface area contributed by atoms with E-state index in [1.807, 2.05) is 0 Å². The molecule has 1 spiro atoms. The van der Waals surface area contributed by atoms with Crippen LogP contribution in [0.25, 0.3) is 0 Å². The van der Waals surface area contributed by atoms with Crippen molar-refractivity contribution in [1.29, 1.82) is 0 Å². The molecule has 2 N–H and O–H groups in total. The maximum absolute atomic E-state index is 10.3. The SMILES string of the molecule is CNC(=S)OC1=CC23CCCC[C@@H]2OC2=C3[C@H](C[C@H](O)C2)N=C1OC. The van der Waals surface area contributed by atoms with E-state index in [1.165, 1.54) is 5.57 Å². The third kappa shape index (κ3) is 2.64. The van der Waals surface area contributed by atoms with Gasteiger partial charge in [-0.1, -0.05) is 6.42 Å². The zero-order valence-corrected chi connectivity index (χ0v) is 15.4.